The third kappa shape index (κ3) is 1.76. The molecule has 0 aliphatic rings. The number of phenols is 1. The zero-order valence-electron chi connectivity index (χ0n) is 7.48. The van der Waals surface area contributed by atoms with Crippen LogP contribution in [0.1, 0.15) is 0 Å². The third-order valence-electron chi connectivity index (χ3n) is 1.98. The van der Waals surface area contributed by atoms with Crippen LogP contribution >= 0.6 is 23.2 Å². The average molecular weight is 244 g/mol. The second-order valence-corrected chi connectivity index (χ2v) is 3.79. The Bertz CT molecular complexity index is 508. The smallest absolute Gasteiger partial charge is 0.216 e. The first-order valence-electron chi connectivity index (χ1n) is 4.14. The number of rotatable bonds is 1. The van der Waals surface area contributed by atoms with Gasteiger partial charge in [0.15, 0.2) is 0 Å². The van der Waals surface area contributed by atoms with Gasteiger partial charge in [0.05, 0.1) is 10.7 Å². The number of benzene rings is 1. The molecule has 0 radical (unpaired) electrons. The van der Waals surface area contributed by atoms with Crippen LogP contribution in [0.15, 0.2) is 30.5 Å². The fourth-order valence-electron chi connectivity index (χ4n) is 1.28. The molecular weight excluding hydrogens is 237 g/mol. The van der Waals surface area contributed by atoms with Crippen molar-refractivity contribution in [3.63, 3.8) is 0 Å². The van der Waals surface area contributed by atoms with Crippen molar-refractivity contribution >= 4 is 23.2 Å². The Balaban J connectivity index is 2.59. The van der Waals surface area contributed by atoms with Crippen molar-refractivity contribution in [1.29, 1.82) is 0 Å². The molecule has 0 fully saturated rings. The van der Waals surface area contributed by atoms with E-state index in [-0.39, 0.29) is 21.7 Å². The zero-order valence-corrected chi connectivity index (χ0v) is 9.00. The molecule has 0 saturated carbocycles. The van der Waals surface area contributed by atoms with Gasteiger partial charge in [-0.25, -0.2) is 0 Å². The molecule has 1 aromatic carbocycles. The summed E-state index contributed by atoms with van der Waals surface area (Å²) >= 11 is 11.5. The van der Waals surface area contributed by atoms with Gasteiger partial charge in [-0.1, -0.05) is 29.3 Å². The van der Waals surface area contributed by atoms with Crippen LogP contribution in [-0.2, 0) is 0 Å². The molecule has 15 heavy (non-hydrogen) atoms. The van der Waals surface area contributed by atoms with E-state index in [0.717, 1.165) is 0 Å². The van der Waals surface area contributed by atoms with Crippen LogP contribution in [-0.4, -0.2) is 14.8 Å². The first kappa shape index (κ1) is 10.2. The third-order valence-corrected chi connectivity index (χ3v) is 2.74. The van der Waals surface area contributed by atoms with E-state index in [4.69, 9.17) is 23.2 Å². The first-order chi connectivity index (χ1) is 7.09. The van der Waals surface area contributed by atoms with Crippen LogP contribution in [0.4, 0.5) is 0 Å². The fourth-order valence-corrected chi connectivity index (χ4v) is 1.61. The fraction of sp³-hybridized carbons (Fsp3) is 0. The lowest BCUT2D eigenvalue weighted by atomic mass is 10.3. The van der Waals surface area contributed by atoms with Crippen molar-refractivity contribution < 1.29 is 10.2 Å². The molecule has 5 heteroatoms. The standard InChI is InChI=1S/C10H7Cl2NO2/c11-8-5-13(10(15)9(8)12)6-2-1-3-7(14)4-6/h1-5,14-15H. The summed E-state index contributed by atoms with van der Waals surface area (Å²) in [6.07, 6.45) is 1.48. The molecule has 0 saturated heterocycles. The number of aromatic nitrogens is 1. The minimum atomic E-state index is -0.146. The van der Waals surface area contributed by atoms with Crippen LogP contribution < -0.4 is 0 Å². The Hall–Kier alpha value is -1.32. The van der Waals surface area contributed by atoms with Gasteiger partial charge >= 0.3 is 0 Å². The van der Waals surface area contributed by atoms with E-state index in [1.54, 1.807) is 12.1 Å². The molecule has 3 nitrogen and oxygen atoms in total. The molecule has 1 heterocycles. The maximum Gasteiger partial charge on any atom is 0.216 e. The summed E-state index contributed by atoms with van der Waals surface area (Å²) in [4.78, 5) is 0. The van der Waals surface area contributed by atoms with Gasteiger partial charge in [-0.15, -0.1) is 0 Å². The Kier molecular flexibility index (Phi) is 2.50. The van der Waals surface area contributed by atoms with Gasteiger partial charge in [0.1, 0.15) is 10.8 Å². The molecule has 2 aromatic rings. The van der Waals surface area contributed by atoms with Crippen LogP contribution in [0.25, 0.3) is 5.69 Å². The van der Waals surface area contributed by atoms with E-state index >= 15 is 0 Å². The SMILES string of the molecule is Oc1cccc(-n2cc(Cl)c(Cl)c2O)c1. The largest absolute Gasteiger partial charge is 0.508 e. The number of halogens is 2. The van der Waals surface area contributed by atoms with Crippen molar-refractivity contribution in [3.8, 4) is 17.3 Å². The Morgan fingerprint density at radius 2 is 1.87 bits per heavy atom. The van der Waals surface area contributed by atoms with E-state index in [0.29, 0.717) is 5.69 Å². The predicted molar refractivity (Wildman–Crippen MR) is 59.1 cm³/mol. The number of hydrogen-bond donors (Lipinski definition) is 2. The van der Waals surface area contributed by atoms with E-state index < -0.39 is 0 Å². The van der Waals surface area contributed by atoms with Gasteiger partial charge in [0.2, 0.25) is 5.88 Å². The predicted octanol–water partition coefficient (Wildman–Crippen LogP) is 3.20. The highest BCUT2D eigenvalue weighted by Crippen LogP contribution is 2.35. The molecule has 2 N–H and O–H groups in total. The molecule has 78 valence electrons. The van der Waals surface area contributed by atoms with Crippen molar-refractivity contribution in [2.75, 3.05) is 0 Å². The molecule has 0 amide bonds. The summed E-state index contributed by atoms with van der Waals surface area (Å²) in [5, 5.41) is 19.3. The molecule has 2 rings (SSSR count). The molecule has 0 aliphatic heterocycles. The summed E-state index contributed by atoms with van der Waals surface area (Å²) in [5.41, 5.74) is 0.585. The molecule has 0 atom stereocenters. The van der Waals surface area contributed by atoms with E-state index in [1.807, 2.05) is 0 Å². The van der Waals surface area contributed by atoms with Crippen LogP contribution in [0.3, 0.4) is 0 Å². The average Bonchev–Trinajstić information content (AvgIpc) is 2.46. The summed E-state index contributed by atoms with van der Waals surface area (Å²) in [5.74, 6) is -0.0416. The van der Waals surface area contributed by atoms with Crippen molar-refractivity contribution in [3.05, 3.63) is 40.5 Å². The second-order valence-electron chi connectivity index (χ2n) is 3.00. The summed E-state index contributed by atoms with van der Waals surface area (Å²) < 4.78 is 1.39. The van der Waals surface area contributed by atoms with Crippen molar-refractivity contribution in [1.82, 2.24) is 4.57 Å². The number of aromatic hydroxyl groups is 2. The van der Waals surface area contributed by atoms with Gasteiger partial charge in [0, 0.05) is 12.3 Å². The van der Waals surface area contributed by atoms with Gasteiger partial charge < -0.3 is 10.2 Å². The highest BCUT2D eigenvalue weighted by atomic mass is 35.5. The highest BCUT2D eigenvalue weighted by Gasteiger charge is 2.12. The van der Waals surface area contributed by atoms with Gasteiger partial charge in [-0.3, -0.25) is 4.57 Å². The number of phenolic OH excluding ortho intramolecular Hbond substituents is 1. The zero-order chi connectivity index (χ0) is 11.0. The number of nitrogens with zero attached hydrogens (tertiary/aromatic N) is 1. The van der Waals surface area contributed by atoms with Gasteiger partial charge in [0.25, 0.3) is 0 Å². The monoisotopic (exact) mass is 243 g/mol. The lowest BCUT2D eigenvalue weighted by Crippen LogP contribution is -1.89. The Labute approximate surface area is 96.1 Å². The van der Waals surface area contributed by atoms with E-state index in [1.165, 1.54) is 22.9 Å². The molecule has 0 unspecified atom stereocenters. The molecule has 1 aromatic heterocycles. The quantitative estimate of drug-likeness (QED) is 0.809. The normalized spacial score (nSPS) is 10.5. The van der Waals surface area contributed by atoms with Gasteiger partial charge in [-0.2, -0.15) is 0 Å². The minimum Gasteiger partial charge on any atom is -0.508 e. The van der Waals surface area contributed by atoms with Crippen LogP contribution in [0, 0.1) is 0 Å². The van der Waals surface area contributed by atoms with Crippen molar-refractivity contribution in [2.24, 2.45) is 0 Å². The summed E-state index contributed by atoms with van der Waals surface area (Å²) in [6, 6.07) is 6.40. The van der Waals surface area contributed by atoms with E-state index in [9.17, 15) is 10.2 Å². The maximum absolute atomic E-state index is 9.63. The maximum atomic E-state index is 9.63. The highest BCUT2D eigenvalue weighted by molar-refractivity contribution is 6.43. The Morgan fingerprint density at radius 3 is 2.40 bits per heavy atom. The Morgan fingerprint density at radius 1 is 1.13 bits per heavy atom. The topological polar surface area (TPSA) is 45.4 Å². The molecule has 0 spiro atoms. The first-order valence-corrected chi connectivity index (χ1v) is 4.90. The molecule has 0 aliphatic carbocycles. The summed E-state index contributed by atoms with van der Waals surface area (Å²) in [6.45, 7) is 0. The molecular formula is C10H7Cl2NO2. The van der Waals surface area contributed by atoms with E-state index in [2.05, 4.69) is 0 Å². The molecule has 0 bridgehead atoms. The van der Waals surface area contributed by atoms with Gasteiger partial charge in [-0.05, 0) is 12.1 Å². The minimum absolute atomic E-state index is 0.0972. The second kappa shape index (κ2) is 3.68. The lowest BCUT2D eigenvalue weighted by Gasteiger charge is -2.04. The van der Waals surface area contributed by atoms with Crippen LogP contribution in [0.5, 0.6) is 11.6 Å². The number of hydrogen-bond acceptors (Lipinski definition) is 2. The lowest BCUT2D eigenvalue weighted by molar-refractivity contribution is 0.442. The van der Waals surface area contributed by atoms with Crippen LogP contribution in [0.2, 0.25) is 10.0 Å². The summed E-state index contributed by atoms with van der Waals surface area (Å²) in [7, 11) is 0. The van der Waals surface area contributed by atoms with Crippen molar-refractivity contribution in [2.45, 2.75) is 0 Å².